The highest BCUT2D eigenvalue weighted by Crippen LogP contribution is 2.28. The molecule has 5 rings (SSSR count). The lowest BCUT2D eigenvalue weighted by molar-refractivity contribution is -0.144. The van der Waals surface area contributed by atoms with E-state index in [0.29, 0.717) is 37.0 Å². The molecule has 1 aromatic heterocycles. The fourth-order valence-corrected chi connectivity index (χ4v) is 4.32. The van der Waals surface area contributed by atoms with Gasteiger partial charge in [0.15, 0.2) is 6.10 Å². The summed E-state index contributed by atoms with van der Waals surface area (Å²) >= 11 is 3.31. The van der Waals surface area contributed by atoms with Crippen LogP contribution in [0.25, 0.3) is 5.88 Å². The van der Waals surface area contributed by atoms with Gasteiger partial charge in [-0.3, -0.25) is 0 Å². The molecular weight excluding hydrogens is 534 g/mol. The van der Waals surface area contributed by atoms with Crippen molar-refractivity contribution >= 4 is 21.8 Å². The van der Waals surface area contributed by atoms with Crippen molar-refractivity contribution < 1.29 is 18.9 Å². The van der Waals surface area contributed by atoms with Crippen LogP contribution in [-0.4, -0.2) is 39.7 Å². The van der Waals surface area contributed by atoms with Crippen LogP contribution in [0.4, 0.5) is 0 Å². The summed E-state index contributed by atoms with van der Waals surface area (Å²) in [5.41, 5.74) is 3.24. The fourth-order valence-electron chi connectivity index (χ4n) is 4.06. The highest BCUT2D eigenvalue weighted by molar-refractivity contribution is 9.10. The van der Waals surface area contributed by atoms with Crippen LogP contribution < -0.4 is 0 Å². The van der Waals surface area contributed by atoms with Gasteiger partial charge in [-0.25, -0.2) is 4.98 Å². The molecule has 1 aliphatic heterocycles. The van der Waals surface area contributed by atoms with Crippen LogP contribution in [0.15, 0.2) is 108 Å². The van der Waals surface area contributed by atoms with Crippen LogP contribution in [0, 0.1) is 0 Å². The molecule has 0 unspecified atom stereocenters. The van der Waals surface area contributed by atoms with Gasteiger partial charge in [0.1, 0.15) is 18.5 Å². The molecule has 1 aliphatic rings. The average molecular weight is 562 g/mol. The first-order valence-electron chi connectivity index (χ1n) is 12.1. The van der Waals surface area contributed by atoms with Crippen molar-refractivity contribution in [2.24, 2.45) is 0 Å². The number of aromatic nitrogens is 3. The van der Waals surface area contributed by atoms with Gasteiger partial charge in [-0.1, -0.05) is 91.0 Å². The van der Waals surface area contributed by atoms with Crippen molar-refractivity contribution in [2.45, 2.75) is 38.1 Å². The number of rotatable bonds is 11. The molecule has 8 heteroatoms. The van der Waals surface area contributed by atoms with E-state index in [1.807, 2.05) is 97.1 Å². The van der Waals surface area contributed by atoms with Crippen LogP contribution in [0.3, 0.4) is 0 Å². The monoisotopic (exact) mass is 561 g/mol. The number of nitrogens with zero attached hydrogens (tertiary/aromatic N) is 3. The number of hydrogen-bond donors (Lipinski definition) is 0. The van der Waals surface area contributed by atoms with Crippen molar-refractivity contribution in [2.75, 3.05) is 6.61 Å². The Morgan fingerprint density at radius 2 is 1.32 bits per heavy atom. The first-order valence-corrected chi connectivity index (χ1v) is 12.9. The molecule has 3 atom stereocenters. The van der Waals surface area contributed by atoms with Gasteiger partial charge in [-0.05, 0) is 32.6 Å². The summed E-state index contributed by atoms with van der Waals surface area (Å²) in [6, 6.07) is 30.2. The minimum absolute atomic E-state index is 0.312. The van der Waals surface area contributed by atoms with Crippen molar-refractivity contribution in [1.82, 2.24) is 14.8 Å². The van der Waals surface area contributed by atoms with E-state index in [1.165, 1.54) is 0 Å². The Morgan fingerprint density at radius 3 is 1.89 bits per heavy atom. The van der Waals surface area contributed by atoms with E-state index >= 15 is 0 Å². The number of hydrogen-bond acceptors (Lipinski definition) is 6. The van der Waals surface area contributed by atoms with Crippen LogP contribution in [0.5, 0.6) is 0 Å². The summed E-state index contributed by atoms with van der Waals surface area (Å²) in [6.07, 6.45) is 2.25. The summed E-state index contributed by atoms with van der Waals surface area (Å²) in [5.74, 6) is 0.518. The minimum Gasteiger partial charge on any atom is -0.469 e. The molecule has 0 aliphatic carbocycles. The molecule has 2 heterocycles. The van der Waals surface area contributed by atoms with Crippen molar-refractivity contribution in [3.8, 4) is 0 Å². The zero-order chi connectivity index (χ0) is 25.3. The molecule has 37 heavy (non-hydrogen) atoms. The minimum atomic E-state index is -0.434. The summed E-state index contributed by atoms with van der Waals surface area (Å²) in [4.78, 5) is 4.18. The average Bonchev–Trinajstić information content (AvgIpc) is 3.39. The second-order valence-corrected chi connectivity index (χ2v) is 9.35. The molecule has 190 valence electrons. The second-order valence-electron chi connectivity index (χ2n) is 8.64. The standard InChI is InChI=1S/C29H28BrN3O4/c30-29-31-21-33(32-29)27-16-25(35-18-23-12-6-2-7-13-23)28(36-19-24-14-8-3-9-15-24)26(37-27)20-34-17-22-10-4-1-5-11-22/h1-16,21,25-26,28H,17-20H2/t25-,26-,28+/m1/s1. The maximum Gasteiger partial charge on any atom is 0.217 e. The summed E-state index contributed by atoms with van der Waals surface area (Å²) < 4.78 is 27.4. The zero-order valence-electron chi connectivity index (χ0n) is 20.2. The predicted octanol–water partition coefficient (Wildman–Crippen LogP) is 5.63. The second kappa shape index (κ2) is 12.8. The van der Waals surface area contributed by atoms with Gasteiger partial charge in [0.05, 0.1) is 26.4 Å². The van der Waals surface area contributed by atoms with Crippen LogP contribution in [-0.2, 0) is 38.8 Å². The lowest BCUT2D eigenvalue weighted by Gasteiger charge is -2.36. The molecule has 0 saturated carbocycles. The van der Waals surface area contributed by atoms with Crippen LogP contribution in [0.2, 0.25) is 0 Å². The van der Waals surface area contributed by atoms with Gasteiger partial charge in [0, 0.05) is 6.08 Å². The molecule has 4 aromatic rings. The third kappa shape index (κ3) is 7.14. The molecule has 0 N–H and O–H groups in total. The maximum atomic E-state index is 6.45. The third-order valence-corrected chi connectivity index (χ3v) is 6.29. The lowest BCUT2D eigenvalue weighted by Crippen LogP contribution is -2.47. The number of ether oxygens (including phenoxy) is 4. The molecule has 0 spiro atoms. The first kappa shape index (κ1) is 25.4. The first-order chi connectivity index (χ1) is 18.2. The Bertz CT molecular complexity index is 1270. The van der Waals surface area contributed by atoms with E-state index < -0.39 is 18.3 Å². The Balaban J connectivity index is 1.38. The quantitative estimate of drug-likeness (QED) is 0.236. The van der Waals surface area contributed by atoms with Crippen LogP contribution >= 0.6 is 15.9 Å². The topological polar surface area (TPSA) is 67.6 Å². The third-order valence-electron chi connectivity index (χ3n) is 5.92. The maximum absolute atomic E-state index is 6.45. The smallest absolute Gasteiger partial charge is 0.217 e. The van der Waals surface area contributed by atoms with Crippen molar-refractivity contribution in [3.05, 3.63) is 125 Å². The molecule has 7 nitrogen and oxygen atoms in total. The van der Waals surface area contributed by atoms with Gasteiger partial charge < -0.3 is 18.9 Å². The lowest BCUT2D eigenvalue weighted by atomic mass is 10.0. The van der Waals surface area contributed by atoms with Gasteiger partial charge in [-0.15, -0.1) is 5.10 Å². The van der Waals surface area contributed by atoms with E-state index in [1.54, 1.807) is 11.0 Å². The SMILES string of the molecule is Brc1ncn(C2=C[C@@H](OCc3ccccc3)[C@H](OCc3ccccc3)[C@@H](COCc3ccccc3)O2)n1. The Hall–Kier alpha value is -3.30. The fraction of sp³-hybridized carbons (Fsp3) is 0.241. The summed E-state index contributed by atoms with van der Waals surface area (Å²) in [5, 5.41) is 4.36. The van der Waals surface area contributed by atoms with Gasteiger partial charge in [-0.2, -0.15) is 4.68 Å². The highest BCUT2D eigenvalue weighted by Gasteiger charge is 2.38. The van der Waals surface area contributed by atoms with E-state index in [-0.39, 0.29) is 0 Å². The predicted molar refractivity (Wildman–Crippen MR) is 143 cm³/mol. The Morgan fingerprint density at radius 1 is 0.757 bits per heavy atom. The van der Waals surface area contributed by atoms with E-state index in [2.05, 4.69) is 26.0 Å². The molecule has 3 aromatic carbocycles. The molecule has 0 fully saturated rings. The van der Waals surface area contributed by atoms with E-state index in [9.17, 15) is 0 Å². The molecule has 0 saturated heterocycles. The summed E-state index contributed by atoms with van der Waals surface area (Å²) in [6.45, 7) is 1.63. The van der Waals surface area contributed by atoms with Gasteiger partial charge in [0.25, 0.3) is 0 Å². The van der Waals surface area contributed by atoms with E-state index in [4.69, 9.17) is 18.9 Å². The molecular formula is C29H28BrN3O4. The highest BCUT2D eigenvalue weighted by atomic mass is 79.9. The Kier molecular flexibility index (Phi) is 8.76. The van der Waals surface area contributed by atoms with Crippen molar-refractivity contribution in [1.29, 1.82) is 0 Å². The van der Waals surface area contributed by atoms with Crippen molar-refractivity contribution in [3.63, 3.8) is 0 Å². The summed E-state index contributed by atoms with van der Waals surface area (Å²) in [7, 11) is 0. The normalized spacial score (nSPS) is 19.3. The molecule has 0 bridgehead atoms. The largest absolute Gasteiger partial charge is 0.469 e. The number of benzene rings is 3. The Labute approximate surface area is 224 Å². The van der Waals surface area contributed by atoms with Gasteiger partial charge >= 0.3 is 0 Å². The van der Waals surface area contributed by atoms with Gasteiger partial charge in [0.2, 0.25) is 10.6 Å². The molecule has 0 radical (unpaired) electrons. The zero-order valence-corrected chi connectivity index (χ0v) is 21.8. The number of halogens is 1. The molecule has 0 amide bonds. The van der Waals surface area contributed by atoms with Crippen LogP contribution in [0.1, 0.15) is 16.7 Å². The van der Waals surface area contributed by atoms with E-state index in [0.717, 1.165) is 16.7 Å².